The Hall–Kier alpha value is -4.71. The zero-order chi connectivity index (χ0) is 57.1. The predicted molar refractivity (Wildman–Crippen MR) is 343 cm³/mol. The van der Waals surface area contributed by atoms with Crippen molar-refractivity contribution in [3.8, 4) is 0 Å². The van der Waals surface area contributed by atoms with Crippen molar-refractivity contribution in [3.05, 3.63) is 146 Å². The second kappa shape index (κ2) is 65.8. The van der Waals surface area contributed by atoms with Gasteiger partial charge in [-0.2, -0.15) is 0 Å². The molecule has 0 aromatic heterocycles. The van der Waals surface area contributed by atoms with Crippen LogP contribution in [0.4, 0.5) is 0 Å². The number of hydrogen-bond acceptors (Lipinski definition) is 6. The maximum Gasteiger partial charge on any atom is 0.306 e. The lowest BCUT2D eigenvalue weighted by Crippen LogP contribution is -2.30. The minimum atomic E-state index is -0.836. The third kappa shape index (κ3) is 64.0. The van der Waals surface area contributed by atoms with Gasteiger partial charge in [0, 0.05) is 19.3 Å². The molecule has 0 aliphatic heterocycles. The molecule has 446 valence electrons. The molecule has 0 saturated heterocycles. The summed E-state index contributed by atoms with van der Waals surface area (Å²) in [5, 5.41) is 0. The molecular formula is C73H118O6. The van der Waals surface area contributed by atoms with Crippen LogP contribution in [0.2, 0.25) is 0 Å². The third-order valence-electron chi connectivity index (χ3n) is 13.3. The van der Waals surface area contributed by atoms with Crippen LogP contribution >= 0.6 is 0 Å². The van der Waals surface area contributed by atoms with E-state index in [0.717, 1.165) is 122 Å². The second-order valence-corrected chi connectivity index (χ2v) is 20.9. The Morgan fingerprint density at radius 1 is 0.266 bits per heavy atom. The van der Waals surface area contributed by atoms with E-state index in [9.17, 15) is 14.4 Å². The summed E-state index contributed by atoms with van der Waals surface area (Å²) in [6.45, 7) is 6.41. The van der Waals surface area contributed by atoms with E-state index >= 15 is 0 Å². The molecule has 0 aromatic carbocycles. The molecule has 0 fully saturated rings. The Morgan fingerprint density at radius 2 is 0.519 bits per heavy atom. The zero-order valence-corrected chi connectivity index (χ0v) is 51.1. The van der Waals surface area contributed by atoms with Gasteiger partial charge in [-0.15, -0.1) is 0 Å². The summed E-state index contributed by atoms with van der Waals surface area (Å²) < 4.78 is 16.8. The molecular weight excluding hydrogens is 973 g/mol. The van der Waals surface area contributed by atoms with Crippen LogP contribution in [0, 0.1) is 0 Å². The Balaban J connectivity index is 4.54. The first kappa shape index (κ1) is 74.3. The Kier molecular flexibility index (Phi) is 61.9. The Bertz CT molecular complexity index is 1730. The van der Waals surface area contributed by atoms with Gasteiger partial charge in [-0.3, -0.25) is 14.4 Å². The Morgan fingerprint density at radius 3 is 0.848 bits per heavy atom. The van der Waals surface area contributed by atoms with Gasteiger partial charge in [-0.1, -0.05) is 269 Å². The standard InChI is InChI=1S/C73H118O6/c1-4-7-10-13-16-19-22-25-28-31-34-35-36-37-40-42-45-48-51-54-57-60-63-66-72(75)78-69-70(79-73(76)67-64-61-58-55-52-49-46-43-39-33-30-27-24-21-18-15-12-9-6-3)68-77-71(74)65-62-59-56-53-50-47-44-41-38-32-29-26-23-20-17-14-11-8-5-2/h9,12,17-18,20-22,25-27,29-31,34,36-39,41,43,49,52,58,61,70H,4-8,10-11,13-16,19,23-24,28,32-33,35,40,42,44-48,50-51,53-57,59-60,62-69H2,1-3H3/b12-9-,20-17-,21-18-,25-22-,29-26-,30-27-,34-31-,37-36-,41-38-,43-39-,52-49-,61-58-. The van der Waals surface area contributed by atoms with E-state index in [1.807, 2.05) is 12.2 Å². The van der Waals surface area contributed by atoms with E-state index in [1.54, 1.807) is 0 Å². The monoisotopic (exact) mass is 1090 g/mol. The van der Waals surface area contributed by atoms with E-state index in [0.29, 0.717) is 19.3 Å². The van der Waals surface area contributed by atoms with Crippen LogP contribution in [0.1, 0.15) is 278 Å². The highest BCUT2D eigenvalue weighted by Gasteiger charge is 2.19. The molecule has 0 saturated carbocycles. The van der Waals surface area contributed by atoms with Crippen LogP contribution in [0.3, 0.4) is 0 Å². The fourth-order valence-electron chi connectivity index (χ4n) is 8.48. The molecule has 0 aliphatic carbocycles. The van der Waals surface area contributed by atoms with Crippen LogP contribution in [-0.4, -0.2) is 37.2 Å². The van der Waals surface area contributed by atoms with Gasteiger partial charge in [0.05, 0.1) is 0 Å². The smallest absolute Gasteiger partial charge is 0.306 e. The molecule has 1 atom stereocenters. The van der Waals surface area contributed by atoms with Crippen molar-refractivity contribution in [2.75, 3.05) is 13.2 Å². The number of ether oxygens (including phenoxy) is 3. The average molecular weight is 1090 g/mol. The summed E-state index contributed by atoms with van der Waals surface area (Å²) in [4.78, 5) is 38.3. The summed E-state index contributed by atoms with van der Waals surface area (Å²) in [6, 6.07) is 0. The van der Waals surface area contributed by atoms with Gasteiger partial charge < -0.3 is 14.2 Å². The number of rotatable bonds is 57. The number of hydrogen-bond donors (Lipinski definition) is 0. The van der Waals surface area contributed by atoms with Crippen molar-refractivity contribution in [1.82, 2.24) is 0 Å². The van der Waals surface area contributed by atoms with Crippen LogP contribution in [-0.2, 0) is 28.6 Å². The van der Waals surface area contributed by atoms with Crippen molar-refractivity contribution >= 4 is 17.9 Å². The zero-order valence-electron chi connectivity index (χ0n) is 51.1. The molecule has 0 spiro atoms. The molecule has 1 unspecified atom stereocenters. The van der Waals surface area contributed by atoms with E-state index in [-0.39, 0.29) is 31.6 Å². The molecule has 0 radical (unpaired) electrons. The van der Waals surface area contributed by atoms with Gasteiger partial charge in [0.1, 0.15) is 13.2 Å². The molecule has 6 nitrogen and oxygen atoms in total. The number of unbranched alkanes of at least 4 members (excludes halogenated alkanes) is 22. The van der Waals surface area contributed by atoms with Crippen LogP contribution in [0.25, 0.3) is 0 Å². The first-order valence-corrected chi connectivity index (χ1v) is 32.3. The summed E-state index contributed by atoms with van der Waals surface area (Å²) in [7, 11) is 0. The largest absolute Gasteiger partial charge is 0.462 e. The van der Waals surface area contributed by atoms with Gasteiger partial charge >= 0.3 is 17.9 Å². The SMILES string of the molecule is CC/C=C\C/C=C\C/C=C\C/C=C\C/C=C\C/C=C\CCC(=O)OC(COC(=O)CCCCCCCC/C=C\C/C=C\C/C=C\CCCCC)COC(=O)CCCCCCCCCC/C=C\C/C=C\C/C=C\CCCCCCC. The van der Waals surface area contributed by atoms with E-state index in [2.05, 4.69) is 154 Å². The normalized spacial score (nSPS) is 13.1. The van der Waals surface area contributed by atoms with Gasteiger partial charge in [0.2, 0.25) is 0 Å². The quantitative estimate of drug-likeness (QED) is 0.0261. The summed E-state index contributed by atoms with van der Waals surface area (Å²) in [5.41, 5.74) is 0. The third-order valence-corrected chi connectivity index (χ3v) is 13.3. The second-order valence-electron chi connectivity index (χ2n) is 20.9. The lowest BCUT2D eigenvalue weighted by molar-refractivity contribution is -0.166. The van der Waals surface area contributed by atoms with Gasteiger partial charge in [-0.05, 0) is 135 Å². The van der Waals surface area contributed by atoms with Crippen molar-refractivity contribution in [3.63, 3.8) is 0 Å². The molecule has 0 bridgehead atoms. The molecule has 0 N–H and O–H groups in total. The van der Waals surface area contributed by atoms with E-state index < -0.39 is 12.1 Å². The number of allylic oxidation sites excluding steroid dienone is 24. The predicted octanol–water partition coefficient (Wildman–Crippen LogP) is 22.3. The molecule has 6 heteroatoms. The first-order valence-electron chi connectivity index (χ1n) is 32.3. The van der Waals surface area contributed by atoms with Gasteiger partial charge in [-0.25, -0.2) is 0 Å². The van der Waals surface area contributed by atoms with Crippen molar-refractivity contribution in [2.24, 2.45) is 0 Å². The van der Waals surface area contributed by atoms with Crippen molar-refractivity contribution in [2.45, 2.75) is 284 Å². The fourth-order valence-corrected chi connectivity index (χ4v) is 8.48. The first-order chi connectivity index (χ1) is 39.0. The van der Waals surface area contributed by atoms with Crippen LogP contribution < -0.4 is 0 Å². The van der Waals surface area contributed by atoms with Crippen molar-refractivity contribution in [1.29, 1.82) is 0 Å². The highest BCUT2D eigenvalue weighted by Crippen LogP contribution is 2.14. The van der Waals surface area contributed by atoms with Crippen molar-refractivity contribution < 1.29 is 28.6 Å². The molecule has 0 amide bonds. The topological polar surface area (TPSA) is 78.9 Å². The number of carbonyl (C=O) groups excluding carboxylic acids is 3. The molecule has 0 heterocycles. The highest BCUT2D eigenvalue weighted by atomic mass is 16.6. The Labute approximate surface area is 487 Å². The number of carbonyl (C=O) groups is 3. The molecule has 0 aromatic rings. The summed E-state index contributed by atoms with van der Waals surface area (Å²) >= 11 is 0. The minimum absolute atomic E-state index is 0.122. The fraction of sp³-hybridized carbons (Fsp3) is 0.630. The minimum Gasteiger partial charge on any atom is -0.462 e. The number of esters is 3. The lowest BCUT2D eigenvalue weighted by atomic mass is 10.1. The average Bonchev–Trinajstić information content (AvgIpc) is 3.45. The summed E-state index contributed by atoms with van der Waals surface area (Å²) in [5.74, 6) is -1.03. The molecule has 0 aliphatic rings. The van der Waals surface area contributed by atoms with Gasteiger partial charge in [0.25, 0.3) is 0 Å². The maximum atomic E-state index is 12.9. The van der Waals surface area contributed by atoms with Crippen LogP contribution in [0.15, 0.2) is 146 Å². The molecule has 0 rings (SSSR count). The highest BCUT2D eigenvalue weighted by molar-refractivity contribution is 5.71. The van der Waals surface area contributed by atoms with Crippen LogP contribution in [0.5, 0.6) is 0 Å². The van der Waals surface area contributed by atoms with E-state index in [1.165, 1.54) is 109 Å². The van der Waals surface area contributed by atoms with Gasteiger partial charge in [0.15, 0.2) is 6.10 Å². The summed E-state index contributed by atoms with van der Waals surface area (Å²) in [6.07, 6.45) is 94.3. The van der Waals surface area contributed by atoms with E-state index in [4.69, 9.17) is 14.2 Å². The molecule has 79 heavy (non-hydrogen) atoms. The lowest BCUT2D eigenvalue weighted by Gasteiger charge is -2.18. The maximum absolute atomic E-state index is 12.9.